The van der Waals surface area contributed by atoms with Crippen LogP contribution >= 0.6 is 0 Å². The average molecular weight is 261 g/mol. The van der Waals surface area contributed by atoms with Gasteiger partial charge < -0.3 is 5.32 Å². The van der Waals surface area contributed by atoms with Crippen LogP contribution < -0.4 is 5.32 Å². The van der Waals surface area contributed by atoms with Crippen LogP contribution in [0, 0.1) is 12.7 Å². The molecule has 0 bridgehead atoms. The largest absolute Gasteiger partial charge is 0.350 e. The summed E-state index contributed by atoms with van der Waals surface area (Å²) in [4.78, 5) is 11.8. The van der Waals surface area contributed by atoms with E-state index < -0.39 is 0 Å². The molecule has 0 fully saturated rings. The first-order valence-corrected chi connectivity index (χ1v) is 6.09. The lowest BCUT2D eigenvalue weighted by Crippen LogP contribution is -2.26. The Hall–Kier alpha value is -2.17. The van der Waals surface area contributed by atoms with Crippen molar-refractivity contribution in [3.05, 3.63) is 53.1 Å². The summed E-state index contributed by atoms with van der Waals surface area (Å²) in [5.74, 6) is -0.442. The molecule has 0 aliphatic carbocycles. The molecule has 0 atom stereocenters. The van der Waals surface area contributed by atoms with Crippen molar-refractivity contribution in [2.24, 2.45) is 7.05 Å². The topological polar surface area (TPSA) is 46.9 Å². The molecule has 100 valence electrons. The molecule has 1 aromatic carbocycles. The van der Waals surface area contributed by atoms with Crippen molar-refractivity contribution in [2.45, 2.75) is 13.3 Å². The van der Waals surface area contributed by atoms with Crippen molar-refractivity contribution in [2.75, 3.05) is 6.54 Å². The highest BCUT2D eigenvalue weighted by molar-refractivity contribution is 5.92. The molecule has 1 amide bonds. The quantitative estimate of drug-likeness (QED) is 0.913. The van der Waals surface area contributed by atoms with Crippen LogP contribution in [-0.4, -0.2) is 22.2 Å². The number of carbonyl (C=O) groups is 1. The second kappa shape index (κ2) is 5.65. The zero-order valence-corrected chi connectivity index (χ0v) is 11.0. The Labute approximate surface area is 111 Å². The zero-order chi connectivity index (χ0) is 13.8. The number of benzene rings is 1. The highest BCUT2D eigenvalue weighted by Gasteiger charge is 2.09. The maximum absolute atomic E-state index is 12.7. The minimum Gasteiger partial charge on any atom is -0.350 e. The minimum absolute atomic E-state index is 0.189. The first kappa shape index (κ1) is 13.3. The molecule has 5 heteroatoms. The van der Waals surface area contributed by atoms with Gasteiger partial charge in [-0.3, -0.25) is 9.48 Å². The van der Waals surface area contributed by atoms with Gasteiger partial charge in [-0.25, -0.2) is 4.39 Å². The van der Waals surface area contributed by atoms with Gasteiger partial charge in [-0.2, -0.15) is 5.10 Å². The van der Waals surface area contributed by atoms with Crippen LogP contribution in [0.4, 0.5) is 4.39 Å². The molecule has 0 saturated carbocycles. The van der Waals surface area contributed by atoms with E-state index in [9.17, 15) is 9.18 Å². The van der Waals surface area contributed by atoms with E-state index in [1.807, 2.05) is 6.92 Å². The summed E-state index contributed by atoms with van der Waals surface area (Å²) >= 11 is 0. The predicted octanol–water partition coefficient (Wildman–Crippen LogP) is 1.84. The molecule has 0 aliphatic heterocycles. The smallest absolute Gasteiger partial charge is 0.271 e. The summed E-state index contributed by atoms with van der Waals surface area (Å²) in [7, 11) is 1.80. The number of carbonyl (C=O) groups excluding carboxylic acids is 1. The van der Waals surface area contributed by atoms with E-state index in [2.05, 4.69) is 10.4 Å². The van der Waals surface area contributed by atoms with Crippen LogP contribution in [-0.2, 0) is 13.5 Å². The molecule has 1 heterocycles. The number of aryl methyl sites for hydroxylation is 2. The van der Waals surface area contributed by atoms with Gasteiger partial charge in [0.25, 0.3) is 5.91 Å². The first-order valence-electron chi connectivity index (χ1n) is 6.09. The molecule has 2 rings (SSSR count). The lowest BCUT2D eigenvalue weighted by Gasteiger charge is -2.03. The third kappa shape index (κ3) is 3.40. The summed E-state index contributed by atoms with van der Waals surface area (Å²) in [6.45, 7) is 2.39. The lowest BCUT2D eigenvalue weighted by atomic mass is 10.1. The van der Waals surface area contributed by atoms with Gasteiger partial charge in [0.05, 0.1) is 0 Å². The Morgan fingerprint density at radius 1 is 1.37 bits per heavy atom. The lowest BCUT2D eigenvalue weighted by molar-refractivity contribution is 0.0948. The third-order valence-electron chi connectivity index (χ3n) is 2.96. The first-order chi connectivity index (χ1) is 9.06. The Morgan fingerprint density at radius 2 is 2.05 bits per heavy atom. The molecule has 4 nitrogen and oxygen atoms in total. The van der Waals surface area contributed by atoms with Crippen molar-refractivity contribution in [3.63, 3.8) is 0 Å². The fourth-order valence-corrected chi connectivity index (χ4v) is 1.73. The molecular formula is C14H16FN3O. The van der Waals surface area contributed by atoms with E-state index in [4.69, 9.17) is 0 Å². The molecule has 0 radical (unpaired) electrons. The van der Waals surface area contributed by atoms with Gasteiger partial charge in [0.2, 0.25) is 0 Å². The molecule has 0 spiro atoms. The van der Waals surface area contributed by atoms with Crippen LogP contribution in [0.25, 0.3) is 0 Å². The van der Waals surface area contributed by atoms with Gasteiger partial charge in [0, 0.05) is 19.3 Å². The summed E-state index contributed by atoms with van der Waals surface area (Å²) in [5.41, 5.74) is 2.33. The van der Waals surface area contributed by atoms with Gasteiger partial charge in [-0.1, -0.05) is 12.1 Å². The van der Waals surface area contributed by atoms with Crippen molar-refractivity contribution in [3.8, 4) is 0 Å². The normalized spacial score (nSPS) is 10.5. The molecule has 0 aliphatic rings. The summed E-state index contributed by atoms with van der Waals surface area (Å²) in [6, 6.07) is 8.00. The molecule has 0 unspecified atom stereocenters. The SMILES string of the molecule is Cc1cc(C(=O)NCCc2ccc(F)cc2)nn1C. The van der Waals surface area contributed by atoms with Crippen molar-refractivity contribution in [1.82, 2.24) is 15.1 Å². The van der Waals surface area contributed by atoms with E-state index in [0.717, 1.165) is 11.3 Å². The number of rotatable bonds is 4. The molecular weight excluding hydrogens is 245 g/mol. The van der Waals surface area contributed by atoms with Gasteiger partial charge in [0.1, 0.15) is 11.5 Å². The molecule has 2 aromatic rings. The van der Waals surface area contributed by atoms with Gasteiger partial charge in [-0.05, 0) is 37.1 Å². The Kier molecular flexibility index (Phi) is 3.94. The Bertz CT molecular complexity index is 555. The van der Waals surface area contributed by atoms with Gasteiger partial charge in [0.15, 0.2) is 0 Å². The van der Waals surface area contributed by atoms with Crippen molar-refractivity contribution >= 4 is 5.91 Å². The number of aromatic nitrogens is 2. The van der Waals surface area contributed by atoms with E-state index in [1.165, 1.54) is 12.1 Å². The van der Waals surface area contributed by atoms with Crippen LogP contribution in [0.15, 0.2) is 30.3 Å². The average Bonchev–Trinajstić information content (AvgIpc) is 2.72. The summed E-state index contributed by atoms with van der Waals surface area (Å²) in [5, 5.41) is 6.90. The number of halogens is 1. The van der Waals surface area contributed by atoms with Crippen molar-refractivity contribution in [1.29, 1.82) is 0 Å². The Morgan fingerprint density at radius 3 is 2.63 bits per heavy atom. The number of hydrogen-bond donors (Lipinski definition) is 1. The van der Waals surface area contributed by atoms with Crippen LogP contribution in [0.1, 0.15) is 21.7 Å². The monoisotopic (exact) mass is 261 g/mol. The second-order valence-corrected chi connectivity index (χ2v) is 4.43. The summed E-state index contributed by atoms with van der Waals surface area (Å²) < 4.78 is 14.4. The molecule has 1 N–H and O–H groups in total. The fourth-order valence-electron chi connectivity index (χ4n) is 1.73. The zero-order valence-electron chi connectivity index (χ0n) is 11.0. The van der Waals surface area contributed by atoms with E-state index >= 15 is 0 Å². The standard InChI is InChI=1S/C14H16FN3O/c1-10-9-13(17-18(10)2)14(19)16-8-7-11-3-5-12(15)6-4-11/h3-6,9H,7-8H2,1-2H3,(H,16,19). The number of hydrogen-bond acceptors (Lipinski definition) is 2. The third-order valence-corrected chi connectivity index (χ3v) is 2.96. The Balaban J connectivity index is 1.85. The molecule has 19 heavy (non-hydrogen) atoms. The van der Waals surface area contributed by atoms with E-state index in [-0.39, 0.29) is 11.7 Å². The maximum atomic E-state index is 12.7. The second-order valence-electron chi connectivity index (χ2n) is 4.43. The molecule has 1 aromatic heterocycles. The minimum atomic E-state index is -0.253. The van der Waals surface area contributed by atoms with Gasteiger partial charge >= 0.3 is 0 Å². The van der Waals surface area contributed by atoms with Crippen LogP contribution in [0.3, 0.4) is 0 Å². The highest BCUT2D eigenvalue weighted by atomic mass is 19.1. The van der Waals surface area contributed by atoms with Crippen LogP contribution in [0.2, 0.25) is 0 Å². The number of nitrogens with one attached hydrogen (secondary N) is 1. The van der Waals surface area contributed by atoms with Crippen LogP contribution in [0.5, 0.6) is 0 Å². The van der Waals surface area contributed by atoms with Gasteiger partial charge in [-0.15, -0.1) is 0 Å². The van der Waals surface area contributed by atoms with E-state index in [1.54, 1.807) is 29.9 Å². The fraction of sp³-hybridized carbons (Fsp3) is 0.286. The van der Waals surface area contributed by atoms with E-state index in [0.29, 0.717) is 18.7 Å². The van der Waals surface area contributed by atoms with Crippen molar-refractivity contribution < 1.29 is 9.18 Å². The highest BCUT2D eigenvalue weighted by Crippen LogP contribution is 2.04. The maximum Gasteiger partial charge on any atom is 0.271 e. The number of amides is 1. The molecule has 0 saturated heterocycles. The predicted molar refractivity (Wildman–Crippen MR) is 70.4 cm³/mol. The number of nitrogens with zero attached hydrogens (tertiary/aromatic N) is 2. The summed E-state index contributed by atoms with van der Waals surface area (Å²) in [6.07, 6.45) is 0.665.